The fourth-order valence-corrected chi connectivity index (χ4v) is 2.20. The number of nitrogens with zero attached hydrogens (tertiary/aromatic N) is 2. The molecule has 2 heterocycles. The van der Waals surface area contributed by atoms with Crippen molar-refractivity contribution >= 4 is 10.9 Å². The molecule has 19 heavy (non-hydrogen) atoms. The monoisotopic (exact) mass is 252 g/mol. The maximum atomic E-state index is 4.47. The average Bonchev–Trinajstić information content (AvgIpc) is 2.97. The highest BCUT2D eigenvalue weighted by Gasteiger charge is 2.01. The van der Waals surface area contributed by atoms with E-state index in [0.29, 0.717) is 0 Å². The molecule has 4 heteroatoms. The summed E-state index contributed by atoms with van der Waals surface area (Å²) in [4.78, 5) is 4.47. The Morgan fingerprint density at radius 3 is 2.89 bits per heavy atom. The van der Waals surface area contributed by atoms with Crippen LogP contribution in [0, 0.1) is 0 Å². The molecule has 0 aliphatic carbocycles. The lowest BCUT2D eigenvalue weighted by atomic mass is 10.1. The maximum Gasteiger partial charge on any atom is 0.0734 e. The molecule has 0 aliphatic rings. The Morgan fingerprint density at radius 2 is 2.00 bits per heavy atom. The van der Waals surface area contributed by atoms with E-state index in [-0.39, 0.29) is 0 Å². The quantitative estimate of drug-likeness (QED) is 0.685. The van der Waals surface area contributed by atoms with Crippen molar-refractivity contribution in [2.24, 2.45) is 0 Å². The van der Waals surface area contributed by atoms with E-state index in [2.05, 4.69) is 44.8 Å². The molecule has 0 atom stereocenters. The number of aromatic nitrogens is 3. The van der Waals surface area contributed by atoms with Gasteiger partial charge in [-0.2, -0.15) is 5.10 Å². The minimum Gasteiger partial charge on any atom is -0.311 e. The summed E-state index contributed by atoms with van der Waals surface area (Å²) in [6.45, 7) is 1.74. The van der Waals surface area contributed by atoms with Crippen LogP contribution in [0.2, 0.25) is 0 Å². The Morgan fingerprint density at radius 1 is 1.05 bits per heavy atom. The number of benzene rings is 1. The van der Waals surface area contributed by atoms with E-state index in [4.69, 9.17) is 0 Å². The highest BCUT2D eigenvalue weighted by atomic mass is 15.1. The van der Waals surface area contributed by atoms with Crippen molar-refractivity contribution in [1.29, 1.82) is 0 Å². The molecule has 0 spiro atoms. The lowest BCUT2D eigenvalue weighted by molar-refractivity contribution is 0.674. The largest absolute Gasteiger partial charge is 0.311 e. The van der Waals surface area contributed by atoms with Gasteiger partial charge in [0.15, 0.2) is 0 Å². The zero-order chi connectivity index (χ0) is 12.9. The summed E-state index contributed by atoms with van der Waals surface area (Å²) >= 11 is 0. The van der Waals surface area contributed by atoms with Gasteiger partial charge in [0.2, 0.25) is 0 Å². The number of para-hydroxylation sites is 1. The predicted octanol–water partition coefficient (Wildman–Crippen LogP) is 2.29. The summed E-state index contributed by atoms with van der Waals surface area (Å²) in [5.41, 5.74) is 3.50. The fraction of sp³-hybridized carbons (Fsp3) is 0.200. The summed E-state index contributed by atoms with van der Waals surface area (Å²) in [7, 11) is 0. The predicted molar refractivity (Wildman–Crippen MR) is 75.7 cm³/mol. The second-order valence-corrected chi connectivity index (χ2v) is 4.50. The van der Waals surface area contributed by atoms with Crippen molar-refractivity contribution in [3.05, 3.63) is 60.0 Å². The minimum atomic E-state index is 0.818. The van der Waals surface area contributed by atoms with Crippen molar-refractivity contribution in [2.75, 3.05) is 6.54 Å². The van der Waals surface area contributed by atoms with Crippen molar-refractivity contribution in [1.82, 2.24) is 20.5 Å². The summed E-state index contributed by atoms with van der Waals surface area (Å²) in [5.74, 6) is 0. The van der Waals surface area contributed by atoms with Gasteiger partial charge in [-0.15, -0.1) is 0 Å². The number of aromatic amines is 1. The van der Waals surface area contributed by atoms with Crippen LogP contribution in [0.5, 0.6) is 0 Å². The van der Waals surface area contributed by atoms with E-state index in [9.17, 15) is 0 Å². The molecule has 1 aromatic carbocycles. The molecule has 0 fully saturated rings. The SMILES string of the molecule is c1cnc2c(CCNCc3ccn[nH]3)cccc2c1. The second-order valence-electron chi connectivity index (χ2n) is 4.50. The average molecular weight is 252 g/mol. The standard InChI is InChI=1S/C15H16N4/c1-3-12-5-2-8-17-15(12)13(4-1)6-9-16-11-14-7-10-18-19-14/h1-5,7-8,10,16H,6,9,11H2,(H,18,19). The van der Waals surface area contributed by atoms with Gasteiger partial charge in [-0.1, -0.05) is 24.3 Å². The molecule has 2 aromatic heterocycles. The van der Waals surface area contributed by atoms with E-state index in [0.717, 1.165) is 30.7 Å². The van der Waals surface area contributed by atoms with Crippen molar-refractivity contribution < 1.29 is 0 Å². The van der Waals surface area contributed by atoms with Crippen LogP contribution in [0.4, 0.5) is 0 Å². The van der Waals surface area contributed by atoms with Crippen LogP contribution in [0.25, 0.3) is 10.9 Å². The van der Waals surface area contributed by atoms with Crippen LogP contribution in [-0.2, 0) is 13.0 Å². The highest BCUT2D eigenvalue weighted by Crippen LogP contribution is 2.15. The van der Waals surface area contributed by atoms with Gasteiger partial charge in [0.25, 0.3) is 0 Å². The Hall–Kier alpha value is -2.20. The topological polar surface area (TPSA) is 53.6 Å². The van der Waals surface area contributed by atoms with Crippen LogP contribution in [0.15, 0.2) is 48.8 Å². The summed E-state index contributed by atoms with van der Waals surface area (Å²) in [6.07, 6.45) is 4.60. The summed E-state index contributed by atoms with van der Waals surface area (Å²) in [6, 6.07) is 12.4. The van der Waals surface area contributed by atoms with Gasteiger partial charge in [-0.25, -0.2) is 0 Å². The number of pyridine rings is 1. The molecule has 0 bridgehead atoms. The van der Waals surface area contributed by atoms with Crippen molar-refractivity contribution in [3.63, 3.8) is 0 Å². The van der Waals surface area contributed by atoms with E-state index >= 15 is 0 Å². The Labute approximate surface area is 111 Å². The third kappa shape index (κ3) is 2.80. The first kappa shape index (κ1) is 11.9. The first-order valence-electron chi connectivity index (χ1n) is 6.45. The molecule has 2 N–H and O–H groups in total. The minimum absolute atomic E-state index is 0.818. The number of nitrogens with one attached hydrogen (secondary N) is 2. The lowest BCUT2D eigenvalue weighted by Crippen LogP contribution is -2.17. The first-order chi connectivity index (χ1) is 9.43. The molecular weight excluding hydrogens is 236 g/mol. The smallest absolute Gasteiger partial charge is 0.0734 e. The second kappa shape index (κ2) is 5.63. The molecular formula is C15H16N4. The fourth-order valence-electron chi connectivity index (χ4n) is 2.20. The van der Waals surface area contributed by atoms with Gasteiger partial charge in [-0.3, -0.25) is 10.1 Å². The van der Waals surface area contributed by atoms with Gasteiger partial charge in [-0.05, 0) is 30.7 Å². The number of hydrogen-bond acceptors (Lipinski definition) is 3. The molecule has 0 unspecified atom stereocenters. The lowest BCUT2D eigenvalue weighted by Gasteiger charge is -2.06. The van der Waals surface area contributed by atoms with Gasteiger partial charge in [0.1, 0.15) is 0 Å². The van der Waals surface area contributed by atoms with E-state index in [1.807, 2.05) is 18.3 Å². The molecule has 0 saturated carbocycles. The van der Waals surface area contributed by atoms with Gasteiger partial charge in [0.05, 0.1) is 5.52 Å². The molecule has 96 valence electrons. The van der Waals surface area contributed by atoms with Crippen molar-refractivity contribution in [3.8, 4) is 0 Å². The number of H-pyrrole nitrogens is 1. The van der Waals surface area contributed by atoms with Crippen LogP contribution >= 0.6 is 0 Å². The third-order valence-corrected chi connectivity index (χ3v) is 3.16. The molecule has 3 rings (SSSR count). The molecule has 0 aliphatic heterocycles. The van der Waals surface area contributed by atoms with Crippen LogP contribution in [0.3, 0.4) is 0 Å². The normalized spacial score (nSPS) is 10.9. The van der Waals surface area contributed by atoms with Crippen LogP contribution in [0.1, 0.15) is 11.3 Å². The van der Waals surface area contributed by atoms with Gasteiger partial charge < -0.3 is 5.32 Å². The zero-order valence-electron chi connectivity index (χ0n) is 10.6. The molecule has 0 radical (unpaired) electrons. The number of fused-ring (bicyclic) bond motifs is 1. The summed E-state index contributed by atoms with van der Waals surface area (Å²) < 4.78 is 0. The van der Waals surface area contributed by atoms with E-state index < -0.39 is 0 Å². The third-order valence-electron chi connectivity index (χ3n) is 3.16. The number of hydrogen-bond donors (Lipinski definition) is 2. The molecule has 0 amide bonds. The van der Waals surface area contributed by atoms with Gasteiger partial charge in [0, 0.05) is 30.0 Å². The summed E-state index contributed by atoms with van der Waals surface area (Å²) in [5, 5.41) is 11.5. The van der Waals surface area contributed by atoms with E-state index in [1.165, 1.54) is 10.9 Å². The highest BCUT2D eigenvalue weighted by molar-refractivity contribution is 5.81. The van der Waals surface area contributed by atoms with Crippen molar-refractivity contribution in [2.45, 2.75) is 13.0 Å². The van der Waals surface area contributed by atoms with E-state index in [1.54, 1.807) is 6.20 Å². The molecule has 3 aromatic rings. The molecule has 4 nitrogen and oxygen atoms in total. The maximum absolute atomic E-state index is 4.47. The van der Waals surface area contributed by atoms with Crippen LogP contribution in [-0.4, -0.2) is 21.7 Å². The molecule has 0 saturated heterocycles. The number of rotatable bonds is 5. The first-order valence-corrected chi connectivity index (χ1v) is 6.45. The van der Waals surface area contributed by atoms with Crippen LogP contribution < -0.4 is 5.32 Å². The van der Waals surface area contributed by atoms with Gasteiger partial charge >= 0.3 is 0 Å². The Balaban J connectivity index is 1.62. The zero-order valence-corrected chi connectivity index (χ0v) is 10.6. The Kier molecular flexibility index (Phi) is 3.51. The Bertz CT molecular complexity index is 641.